The lowest BCUT2D eigenvalue weighted by atomic mass is 9.95. The van der Waals surface area contributed by atoms with Gasteiger partial charge in [-0.15, -0.1) is 0 Å². The summed E-state index contributed by atoms with van der Waals surface area (Å²) in [4.78, 5) is 14.5. The Kier molecular flexibility index (Phi) is 4.37. The molecule has 3 aromatic rings. The van der Waals surface area contributed by atoms with Crippen LogP contribution in [-0.2, 0) is 0 Å². The smallest absolute Gasteiger partial charge is 0.273 e. The quantitative estimate of drug-likeness (QED) is 0.645. The highest BCUT2D eigenvalue weighted by atomic mass is 35.5. The highest BCUT2D eigenvalue weighted by Crippen LogP contribution is 2.44. The van der Waals surface area contributed by atoms with Crippen LogP contribution in [0.2, 0.25) is 5.02 Å². The number of benzene rings is 2. The standard InChI is InChI=1S/C20H18ClN3O3/c1-11-2-4-12(5-3-11)19-16-17(14-10-13(21)6-7-15(14)26)22-23-18(16)20(27)24(19)8-9-25/h2-7,10,19,25-26H,8-9H2,1H3,(H,22,23). The van der Waals surface area contributed by atoms with Gasteiger partial charge in [-0.1, -0.05) is 41.4 Å². The molecule has 3 N–H and O–H groups in total. The van der Waals surface area contributed by atoms with Crippen molar-refractivity contribution in [2.75, 3.05) is 13.2 Å². The summed E-state index contributed by atoms with van der Waals surface area (Å²) in [5.41, 5.74) is 3.99. The summed E-state index contributed by atoms with van der Waals surface area (Å²) in [6, 6.07) is 12.2. The van der Waals surface area contributed by atoms with Gasteiger partial charge in [-0.3, -0.25) is 9.89 Å². The normalized spacial score (nSPS) is 16.0. The molecule has 1 unspecified atom stereocenters. The number of hydrogen-bond donors (Lipinski definition) is 3. The lowest BCUT2D eigenvalue weighted by Gasteiger charge is -2.25. The van der Waals surface area contributed by atoms with E-state index in [0.717, 1.165) is 11.1 Å². The maximum absolute atomic E-state index is 12.9. The van der Waals surface area contributed by atoms with Crippen molar-refractivity contribution in [3.63, 3.8) is 0 Å². The van der Waals surface area contributed by atoms with Crippen LogP contribution >= 0.6 is 11.6 Å². The summed E-state index contributed by atoms with van der Waals surface area (Å²) in [5, 5.41) is 27.3. The van der Waals surface area contributed by atoms with Gasteiger partial charge in [0.25, 0.3) is 5.91 Å². The van der Waals surface area contributed by atoms with Gasteiger partial charge in [0.15, 0.2) is 0 Å². The number of halogens is 1. The van der Waals surface area contributed by atoms with Gasteiger partial charge in [0, 0.05) is 22.7 Å². The van der Waals surface area contributed by atoms with E-state index in [1.165, 1.54) is 6.07 Å². The van der Waals surface area contributed by atoms with Gasteiger partial charge in [-0.05, 0) is 30.7 Å². The molecule has 1 amide bonds. The number of aromatic nitrogens is 2. The number of aromatic hydroxyl groups is 1. The van der Waals surface area contributed by atoms with E-state index in [0.29, 0.717) is 27.5 Å². The van der Waals surface area contributed by atoms with E-state index in [4.69, 9.17) is 11.6 Å². The summed E-state index contributed by atoms with van der Waals surface area (Å²) in [6.07, 6.45) is 0. The zero-order valence-electron chi connectivity index (χ0n) is 14.6. The molecular formula is C20H18ClN3O3. The maximum Gasteiger partial charge on any atom is 0.273 e. The van der Waals surface area contributed by atoms with Crippen LogP contribution in [0.25, 0.3) is 11.3 Å². The minimum absolute atomic E-state index is 0.0319. The summed E-state index contributed by atoms with van der Waals surface area (Å²) in [7, 11) is 0. The molecule has 2 aromatic carbocycles. The lowest BCUT2D eigenvalue weighted by molar-refractivity contribution is 0.0706. The zero-order chi connectivity index (χ0) is 19.1. The SMILES string of the molecule is Cc1ccc(C2c3c(-c4cc(Cl)ccc4O)n[nH]c3C(=O)N2CCO)cc1. The highest BCUT2D eigenvalue weighted by Gasteiger charge is 2.42. The second-order valence-electron chi connectivity index (χ2n) is 6.56. The van der Waals surface area contributed by atoms with E-state index < -0.39 is 6.04 Å². The molecule has 1 aliphatic rings. The van der Waals surface area contributed by atoms with Gasteiger partial charge >= 0.3 is 0 Å². The Bertz CT molecular complexity index is 1010. The number of aryl methyl sites for hydroxylation is 1. The average Bonchev–Trinajstić information content (AvgIpc) is 3.19. The molecule has 7 heteroatoms. The first-order chi connectivity index (χ1) is 13.0. The second-order valence-corrected chi connectivity index (χ2v) is 6.99. The van der Waals surface area contributed by atoms with Crippen molar-refractivity contribution in [2.24, 2.45) is 0 Å². The number of fused-ring (bicyclic) bond motifs is 1. The number of aliphatic hydroxyl groups is 1. The Morgan fingerprint density at radius 3 is 2.67 bits per heavy atom. The molecule has 27 heavy (non-hydrogen) atoms. The van der Waals surface area contributed by atoms with Crippen LogP contribution in [-0.4, -0.2) is 44.4 Å². The van der Waals surface area contributed by atoms with Crippen LogP contribution in [0, 0.1) is 6.92 Å². The van der Waals surface area contributed by atoms with Crippen LogP contribution in [0.4, 0.5) is 0 Å². The van der Waals surface area contributed by atoms with E-state index >= 15 is 0 Å². The number of carbonyl (C=O) groups is 1. The first-order valence-electron chi connectivity index (χ1n) is 8.56. The summed E-state index contributed by atoms with van der Waals surface area (Å²) in [5.74, 6) is -0.200. The van der Waals surface area contributed by atoms with E-state index in [1.807, 2.05) is 31.2 Å². The number of H-pyrrole nitrogens is 1. The van der Waals surface area contributed by atoms with Crippen molar-refractivity contribution in [1.29, 1.82) is 0 Å². The number of phenols is 1. The molecule has 0 fully saturated rings. The topological polar surface area (TPSA) is 89.5 Å². The van der Waals surface area contributed by atoms with Gasteiger partial charge in [0.2, 0.25) is 0 Å². The van der Waals surface area contributed by atoms with Crippen molar-refractivity contribution in [3.8, 4) is 17.0 Å². The molecule has 0 saturated carbocycles. The molecule has 4 rings (SSSR count). The Morgan fingerprint density at radius 1 is 1.22 bits per heavy atom. The maximum atomic E-state index is 12.9. The molecule has 6 nitrogen and oxygen atoms in total. The molecule has 0 saturated heterocycles. The molecule has 0 aliphatic carbocycles. The molecule has 1 atom stereocenters. The third-order valence-corrected chi connectivity index (χ3v) is 5.05. The zero-order valence-corrected chi connectivity index (χ0v) is 15.4. The van der Waals surface area contributed by atoms with Gasteiger partial charge in [0.05, 0.1) is 12.6 Å². The lowest BCUT2D eigenvalue weighted by Crippen LogP contribution is -2.32. The van der Waals surface area contributed by atoms with Crippen molar-refractivity contribution >= 4 is 17.5 Å². The van der Waals surface area contributed by atoms with Crippen LogP contribution in [0.5, 0.6) is 5.75 Å². The van der Waals surface area contributed by atoms with Crippen molar-refractivity contribution < 1.29 is 15.0 Å². The molecule has 1 aliphatic heterocycles. The first-order valence-corrected chi connectivity index (χ1v) is 8.94. The van der Waals surface area contributed by atoms with Gasteiger partial charge in [-0.25, -0.2) is 0 Å². The molecule has 0 radical (unpaired) electrons. The van der Waals surface area contributed by atoms with E-state index in [1.54, 1.807) is 17.0 Å². The number of hydrogen-bond acceptors (Lipinski definition) is 4. The number of nitrogens with one attached hydrogen (secondary N) is 1. The third kappa shape index (κ3) is 2.87. The molecule has 138 valence electrons. The number of carbonyl (C=O) groups excluding carboxylic acids is 1. The van der Waals surface area contributed by atoms with Crippen LogP contribution in [0.3, 0.4) is 0 Å². The molecule has 0 spiro atoms. The summed E-state index contributed by atoms with van der Waals surface area (Å²) >= 11 is 6.10. The Morgan fingerprint density at radius 2 is 1.96 bits per heavy atom. The van der Waals surface area contributed by atoms with Crippen LogP contribution in [0.1, 0.15) is 33.2 Å². The molecule has 0 bridgehead atoms. The van der Waals surface area contributed by atoms with E-state index in [-0.39, 0.29) is 24.8 Å². The van der Waals surface area contributed by atoms with Crippen LogP contribution in [0.15, 0.2) is 42.5 Å². The number of aromatic amines is 1. The predicted molar refractivity (Wildman–Crippen MR) is 102 cm³/mol. The number of rotatable bonds is 4. The molecule has 1 aromatic heterocycles. The summed E-state index contributed by atoms with van der Waals surface area (Å²) < 4.78 is 0. The number of phenolic OH excluding ortho intramolecular Hbond substituents is 1. The molecular weight excluding hydrogens is 366 g/mol. The highest BCUT2D eigenvalue weighted by molar-refractivity contribution is 6.31. The van der Waals surface area contributed by atoms with E-state index in [2.05, 4.69) is 10.2 Å². The van der Waals surface area contributed by atoms with Gasteiger partial charge in [0.1, 0.15) is 17.1 Å². The van der Waals surface area contributed by atoms with Crippen molar-refractivity contribution in [3.05, 3.63) is 69.9 Å². The van der Waals surface area contributed by atoms with Gasteiger partial charge < -0.3 is 15.1 Å². The molecule has 2 heterocycles. The monoisotopic (exact) mass is 383 g/mol. The number of amides is 1. The van der Waals surface area contributed by atoms with Crippen molar-refractivity contribution in [1.82, 2.24) is 15.1 Å². The van der Waals surface area contributed by atoms with E-state index in [9.17, 15) is 15.0 Å². The Balaban J connectivity index is 1.92. The van der Waals surface area contributed by atoms with Crippen LogP contribution < -0.4 is 0 Å². The average molecular weight is 384 g/mol. The minimum Gasteiger partial charge on any atom is -0.507 e. The summed E-state index contributed by atoms with van der Waals surface area (Å²) in [6.45, 7) is 2.04. The fourth-order valence-electron chi connectivity index (χ4n) is 3.53. The number of β-amino-alcohol motifs (C(OH)–C–C–N with tert-alkyl or cyclic N) is 1. The Labute approximate surface area is 161 Å². The minimum atomic E-state index is -0.410. The Hall–Kier alpha value is -2.83. The predicted octanol–water partition coefficient (Wildman–Crippen LogP) is 3.28. The first kappa shape index (κ1) is 17.6. The largest absolute Gasteiger partial charge is 0.507 e. The second kappa shape index (κ2) is 6.72. The fraction of sp³-hybridized carbons (Fsp3) is 0.200. The number of nitrogens with zero attached hydrogens (tertiary/aromatic N) is 2. The number of aliphatic hydroxyl groups excluding tert-OH is 1. The third-order valence-electron chi connectivity index (χ3n) is 4.81. The fourth-order valence-corrected chi connectivity index (χ4v) is 3.71. The van der Waals surface area contributed by atoms with Crippen molar-refractivity contribution in [2.45, 2.75) is 13.0 Å². The van der Waals surface area contributed by atoms with Gasteiger partial charge in [-0.2, -0.15) is 5.10 Å².